The van der Waals surface area contributed by atoms with Gasteiger partial charge in [-0.3, -0.25) is 19.2 Å². The number of fused-ring (bicyclic) bond motifs is 1. The van der Waals surface area contributed by atoms with Crippen molar-refractivity contribution in [2.24, 2.45) is 0 Å². The van der Waals surface area contributed by atoms with Gasteiger partial charge in [-0.25, -0.2) is 13.2 Å². The molecule has 0 aliphatic carbocycles. The van der Waals surface area contributed by atoms with Crippen LogP contribution in [0.3, 0.4) is 0 Å². The Morgan fingerprint density at radius 2 is 1.80 bits per heavy atom. The Morgan fingerprint density at radius 1 is 1.10 bits per heavy atom. The summed E-state index contributed by atoms with van der Waals surface area (Å²) in [6, 6.07) is 19.0. The quantitative estimate of drug-likeness (QED) is 0.280. The van der Waals surface area contributed by atoms with Crippen molar-refractivity contribution in [1.29, 1.82) is 0 Å². The van der Waals surface area contributed by atoms with Gasteiger partial charge in [0, 0.05) is 38.1 Å². The van der Waals surface area contributed by atoms with Crippen molar-refractivity contribution in [3.05, 3.63) is 89.1 Å². The van der Waals surface area contributed by atoms with E-state index in [2.05, 4.69) is 15.3 Å². The van der Waals surface area contributed by atoms with Gasteiger partial charge in [0.15, 0.2) is 9.84 Å². The Labute approximate surface area is 231 Å². The van der Waals surface area contributed by atoms with Crippen molar-refractivity contribution < 1.29 is 23.1 Å². The summed E-state index contributed by atoms with van der Waals surface area (Å²) in [6.07, 6.45) is 3.71. The number of aromatic nitrogens is 3. The Bertz CT molecular complexity index is 1660. The molecule has 4 aromatic rings. The maximum Gasteiger partial charge on any atom is 0.326 e. The first-order valence-electron chi connectivity index (χ1n) is 12.9. The number of pyridine rings is 1. The maximum absolute atomic E-state index is 12.8. The molecule has 1 aliphatic heterocycles. The van der Waals surface area contributed by atoms with Crippen LogP contribution in [0.5, 0.6) is 5.75 Å². The lowest BCUT2D eigenvalue weighted by molar-refractivity contribution is 0.0238. The van der Waals surface area contributed by atoms with Crippen LogP contribution in [0.1, 0.15) is 29.4 Å². The monoisotopic (exact) mass is 565 g/mol. The van der Waals surface area contributed by atoms with Gasteiger partial charge in [0.25, 0.3) is 5.91 Å². The van der Waals surface area contributed by atoms with Crippen molar-refractivity contribution in [2.45, 2.75) is 23.8 Å². The lowest BCUT2D eigenvalue weighted by Crippen LogP contribution is -2.54. The molecule has 1 aliphatic rings. The van der Waals surface area contributed by atoms with Crippen molar-refractivity contribution in [3.63, 3.8) is 0 Å². The van der Waals surface area contributed by atoms with E-state index in [-0.39, 0.29) is 29.7 Å². The van der Waals surface area contributed by atoms with Gasteiger partial charge in [-0.15, -0.1) is 0 Å². The third-order valence-electron chi connectivity index (χ3n) is 7.19. The number of carbonyl (C=O) groups excluding carboxylic acids is 1. The summed E-state index contributed by atoms with van der Waals surface area (Å²) in [4.78, 5) is 31.8. The lowest BCUT2D eigenvalue weighted by atomic mass is 10.0. The van der Waals surface area contributed by atoms with E-state index in [4.69, 9.17) is 4.74 Å². The third-order valence-corrected chi connectivity index (χ3v) is 8.82. The highest BCUT2D eigenvalue weighted by Gasteiger charge is 2.42. The summed E-state index contributed by atoms with van der Waals surface area (Å²) in [7, 11) is -3.97. The number of carbonyl (C=O) groups is 1. The molecule has 0 spiro atoms. The van der Waals surface area contributed by atoms with Gasteiger partial charge in [-0.2, -0.15) is 0 Å². The standard InChI is InChI=1S/C28H31N5O6S/c1-40(37,38)28(36,19-39-25-12-5-3-9-22(25)30-26(34)23-10-6-7-15-29-23)18-32-16-13-20(14-17-32)33-24-11-4-2-8-21(24)31-27(33)35/h2-12,15,20,36H,13-14,16-19H2,1H3,(H,30,34)(H,31,35). The van der Waals surface area contributed by atoms with E-state index in [1.165, 1.54) is 6.20 Å². The van der Waals surface area contributed by atoms with Crippen LogP contribution in [-0.2, 0) is 9.84 Å². The van der Waals surface area contributed by atoms with Crippen LogP contribution in [0.2, 0.25) is 0 Å². The highest BCUT2D eigenvalue weighted by Crippen LogP contribution is 2.29. The molecule has 1 amide bonds. The van der Waals surface area contributed by atoms with Crippen LogP contribution in [0, 0.1) is 0 Å². The number of likely N-dealkylation sites (tertiary alicyclic amines) is 1. The van der Waals surface area contributed by atoms with Crippen LogP contribution >= 0.6 is 0 Å². The molecule has 3 N–H and O–H groups in total. The number of aliphatic hydroxyl groups is 1. The summed E-state index contributed by atoms with van der Waals surface area (Å²) < 4.78 is 33.1. The van der Waals surface area contributed by atoms with Gasteiger partial charge in [0.05, 0.1) is 16.7 Å². The molecule has 0 saturated carbocycles. The number of β-amino-alcohol motifs (C(OH)–C–C–N with tert-alkyl or cyclic N) is 1. The predicted molar refractivity (Wildman–Crippen MR) is 151 cm³/mol. The first-order valence-corrected chi connectivity index (χ1v) is 14.8. The number of aromatic amines is 1. The largest absolute Gasteiger partial charge is 0.487 e. The van der Waals surface area contributed by atoms with E-state index in [0.29, 0.717) is 31.6 Å². The fourth-order valence-electron chi connectivity index (χ4n) is 4.96. The van der Waals surface area contributed by atoms with Crippen molar-refractivity contribution in [3.8, 4) is 5.75 Å². The average Bonchev–Trinajstić information content (AvgIpc) is 3.28. The number of hydrogen-bond donors (Lipinski definition) is 3. The zero-order valence-electron chi connectivity index (χ0n) is 22.0. The minimum atomic E-state index is -3.97. The van der Waals surface area contributed by atoms with Crippen LogP contribution in [-0.4, -0.2) is 76.3 Å². The Kier molecular flexibility index (Phi) is 7.74. The molecular formula is C28H31N5O6S. The minimum absolute atomic E-state index is 0.0444. The number of nitrogens with one attached hydrogen (secondary N) is 2. The molecule has 0 bridgehead atoms. The number of benzene rings is 2. The van der Waals surface area contributed by atoms with E-state index in [1.807, 2.05) is 29.2 Å². The number of ether oxygens (including phenoxy) is 1. The topological polar surface area (TPSA) is 147 Å². The van der Waals surface area contributed by atoms with E-state index in [1.54, 1.807) is 47.0 Å². The summed E-state index contributed by atoms with van der Waals surface area (Å²) in [5.74, 6) is -0.238. The summed E-state index contributed by atoms with van der Waals surface area (Å²) in [5, 5.41) is 14.1. The minimum Gasteiger partial charge on any atom is -0.487 e. The number of piperidine rings is 1. The molecule has 40 heavy (non-hydrogen) atoms. The zero-order chi connectivity index (χ0) is 28.3. The number of para-hydroxylation sites is 4. The van der Waals surface area contributed by atoms with Gasteiger partial charge >= 0.3 is 5.69 Å². The van der Waals surface area contributed by atoms with E-state index >= 15 is 0 Å². The molecule has 2 aromatic carbocycles. The van der Waals surface area contributed by atoms with Crippen LogP contribution in [0.4, 0.5) is 5.69 Å². The Balaban J connectivity index is 1.26. The number of nitrogens with zero attached hydrogens (tertiary/aromatic N) is 3. The van der Waals surface area contributed by atoms with Crippen molar-refractivity contribution >= 4 is 32.5 Å². The fraction of sp³-hybridized carbons (Fsp3) is 0.321. The molecular weight excluding hydrogens is 534 g/mol. The third kappa shape index (κ3) is 5.79. The van der Waals surface area contributed by atoms with E-state index < -0.39 is 27.3 Å². The SMILES string of the molecule is CS(=O)(=O)C(O)(COc1ccccc1NC(=O)c1ccccn1)CN1CCC(n2c(=O)[nH]c3ccccc32)CC1. The molecule has 2 aromatic heterocycles. The molecule has 1 saturated heterocycles. The number of rotatable bonds is 9. The first-order chi connectivity index (χ1) is 19.1. The Morgan fingerprint density at radius 3 is 2.52 bits per heavy atom. The second-order valence-corrected chi connectivity index (χ2v) is 12.3. The second-order valence-electron chi connectivity index (χ2n) is 10.00. The lowest BCUT2D eigenvalue weighted by Gasteiger charge is -2.37. The summed E-state index contributed by atoms with van der Waals surface area (Å²) >= 11 is 0. The number of hydrogen-bond acceptors (Lipinski definition) is 8. The molecule has 1 atom stereocenters. The number of anilines is 1. The van der Waals surface area contributed by atoms with Gasteiger partial charge in [-0.05, 0) is 49.2 Å². The van der Waals surface area contributed by atoms with Crippen molar-refractivity contribution in [1.82, 2.24) is 19.4 Å². The molecule has 5 rings (SSSR count). The zero-order valence-corrected chi connectivity index (χ0v) is 22.8. The van der Waals surface area contributed by atoms with E-state index in [0.717, 1.165) is 17.3 Å². The second kappa shape index (κ2) is 11.2. The number of sulfone groups is 1. The predicted octanol–water partition coefficient (Wildman–Crippen LogP) is 2.43. The highest BCUT2D eigenvalue weighted by atomic mass is 32.2. The average molecular weight is 566 g/mol. The molecule has 12 heteroatoms. The number of H-pyrrole nitrogens is 1. The fourth-order valence-corrected chi connectivity index (χ4v) is 5.65. The molecule has 1 fully saturated rings. The molecule has 0 radical (unpaired) electrons. The van der Waals surface area contributed by atoms with Gasteiger partial charge in [0.1, 0.15) is 18.1 Å². The molecule has 3 heterocycles. The summed E-state index contributed by atoms with van der Waals surface area (Å²) in [5.41, 5.74) is 1.97. The number of imidazole rings is 1. The summed E-state index contributed by atoms with van der Waals surface area (Å²) in [6.45, 7) is 0.282. The number of amides is 1. The van der Waals surface area contributed by atoms with Crippen LogP contribution in [0.25, 0.3) is 11.0 Å². The van der Waals surface area contributed by atoms with Crippen molar-refractivity contribution in [2.75, 3.05) is 37.8 Å². The maximum atomic E-state index is 12.8. The molecule has 1 unspecified atom stereocenters. The van der Waals surface area contributed by atoms with E-state index in [9.17, 15) is 23.1 Å². The molecule has 210 valence electrons. The normalized spacial score (nSPS) is 16.4. The Hall–Kier alpha value is -4.00. The smallest absolute Gasteiger partial charge is 0.326 e. The van der Waals surface area contributed by atoms with Gasteiger partial charge < -0.3 is 20.1 Å². The van der Waals surface area contributed by atoms with Crippen LogP contribution < -0.4 is 15.7 Å². The molecule has 11 nitrogen and oxygen atoms in total. The van der Waals surface area contributed by atoms with Gasteiger partial charge in [-0.1, -0.05) is 30.3 Å². The highest BCUT2D eigenvalue weighted by molar-refractivity contribution is 7.91. The first kappa shape index (κ1) is 27.6. The van der Waals surface area contributed by atoms with Crippen LogP contribution in [0.15, 0.2) is 77.7 Å². The van der Waals surface area contributed by atoms with Gasteiger partial charge in [0.2, 0.25) is 4.93 Å².